The van der Waals surface area contributed by atoms with E-state index in [1.807, 2.05) is 0 Å². The lowest BCUT2D eigenvalue weighted by Crippen LogP contribution is -2.10. The summed E-state index contributed by atoms with van der Waals surface area (Å²) in [6.45, 7) is 2.30. The van der Waals surface area contributed by atoms with Gasteiger partial charge in [0, 0.05) is 0 Å². The first kappa shape index (κ1) is 11.3. The third-order valence-electron chi connectivity index (χ3n) is 4.96. The lowest BCUT2D eigenvalue weighted by molar-refractivity contribution is 0.411. The van der Waals surface area contributed by atoms with E-state index >= 15 is 0 Å². The van der Waals surface area contributed by atoms with E-state index in [-0.39, 0.29) is 0 Å². The summed E-state index contributed by atoms with van der Waals surface area (Å²) in [7, 11) is 0. The summed E-state index contributed by atoms with van der Waals surface area (Å²) in [4.78, 5) is 0. The van der Waals surface area contributed by atoms with Crippen LogP contribution in [0.2, 0.25) is 0 Å². The maximum absolute atomic E-state index is 2.39. The molecule has 0 aromatic heterocycles. The quantitative estimate of drug-likeness (QED) is 0.604. The van der Waals surface area contributed by atoms with E-state index in [9.17, 15) is 0 Å². The average Bonchev–Trinajstić information content (AvgIpc) is 2.93. The lowest BCUT2D eigenvalue weighted by atomic mass is 9.81. The lowest BCUT2D eigenvalue weighted by Gasteiger charge is -2.24. The highest BCUT2D eigenvalue weighted by atomic mass is 14.5. The summed E-state index contributed by atoms with van der Waals surface area (Å²) in [5, 5.41) is 0. The van der Waals surface area contributed by atoms with Crippen LogP contribution in [0.5, 0.6) is 0 Å². The van der Waals surface area contributed by atoms with Gasteiger partial charge in [-0.2, -0.15) is 0 Å². The second kappa shape index (κ2) is 4.84. The summed E-state index contributed by atoms with van der Waals surface area (Å²) in [6, 6.07) is 9.20. The molecule has 2 aliphatic rings. The fourth-order valence-electron chi connectivity index (χ4n) is 4.13. The van der Waals surface area contributed by atoms with Gasteiger partial charge < -0.3 is 0 Å². The molecule has 0 aliphatic heterocycles. The Labute approximate surface area is 105 Å². The van der Waals surface area contributed by atoms with Crippen LogP contribution in [0.15, 0.2) is 24.3 Å². The van der Waals surface area contributed by atoms with Crippen LogP contribution in [-0.4, -0.2) is 0 Å². The van der Waals surface area contributed by atoms with Crippen LogP contribution in [-0.2, 0) is 0 Å². The largest absolute Gasteiger partial charge is 0.0654 e. The monoisotopic (exact) mass is 228 g/mol. The molecule has 1 aromatic rings. The number of unbranched alkanes of at least 4 members (excludes halogenated alkanes) is 3. The van der Waals surface area contributed by atoms with E-state index in [0.29, 0.717) is 0 Å². The predicted octanol–water partition coefficient (Wildman–Crippen LogP) is 5.25. The number of benzene rings is 1. The molecule has 1 saturated carbocycles. The van der Waals surface area contributed by atoms with E-state index in [2.05, 4.69) is 31.2 Å². The Bertz CT molecular complexity index is 379. The van der Waals surface area contributed by atoms with Crippen LogP contribution in [0.4, 0.5) is 0 Å². The Hall–Kier alpha value is -0.780. The second-order valence-corrected chi connectivity index (χ2v) is 6.01. The van der Waals surface area contributed by atoms with Crippen molar-refractivity contribution in [1.29, 1.82) is 0 Å². The van der Waals surface area contributed by atoms with E-state index in [1.54, 1.807) is 11.1 Å². The van der Waals surface area contributed by atoms with E-state index in [4.69, 9.17) is 0 Å². The van der Waals surface area contributed by atoms with Gasteiger partial charge >= 0.3 is 0 Å². The predicted molar refractivity (Wildman–Crippen MR) is 73.4 cm³/mol. The smallest absolute Gasteiger partial charge is 0.0125 e. The minimum Gasteiger partial charge on any atom is -0.0654 e. The molecule has 2 bridgehead atoms. The average molecular weight is 228 g/mol. The Morgan fingerprint density at radius 2 is 1.82 bits per heavy atom. The highest BCUT2D eigenvalue weighted by Crippen LogP contribution is 2.57. The molecule has 3 rings (SSSR count). The van der Waals surface area contributed by atoms with Crippen molar-refractivity contribution in [3.63, 3.8) is 0 Å². The summed E-state index contributed by atoms with van der Waals surface area (Å²) >= 11 is 0. The third kappa shape index (κ3) is 2.03. The van der Waals surface area contributed by atoms with Gasteiger partial charge in [0.1, 0.15) is 0 Å². The fourth-order valence-corrected chi connectivity index (χ4v) is 4.13. The first-order valence-corrected chi connectivity index (χ1v) is 7.49. The second-order valence-electron chi connectivity index (χ2n) is 6.01. The highest BCUT2D eigenvalue weighted by Gasteiger charge is 2.42. The van der Waals surface area contributed by atoms with Gasteiger partial charge in [-0.1, -0.05) is 56.9 Å². The standard InChI is InChI=1S/C17H24/c1-2-3-4-5-8-13-11-14-12-17(13)16-10-7-6-9-15(14)16/h6-7,9-10,13-14,17H,2-5,8,11-12H2,1H3/t13-,14-,17-/m0/s1. The van der Waals surface area contributed by atoms with Crippen LogP contribution in [0.1, 0.15) is 74.8 Å². The van der Waals surface area contributed by atoms with Gasteiger partial charge in [0.05, 0.1) is 0 Å². The SMILES string of the molecule is CCCCCC[C@H]1C[C@H]2C[C@@H]1c1ccccc12. The topological polar surface area (TPSA) is 0 Å². The van der Waals surface area contributed by atoms with Crippen molar-refractivity contribution in [2.24, 2.45) is 5.92 Å². The maximum atomic E-state index is 2.39. The molecule has 0 nitrogen and oxygen atoms in total. The molecular formula is C17H24. The highest BCUT2D eigenvalue weighted by molar-refractivity contribution is 5.41. The van der Waals surface area contributed by atoms with E-state index < -0.39 is 0 Å². The molecule has 0 heteroatoms. The Kier molecular flexibility index (Phi) is 3.22. The van der Waals surface area contributed by atoms with Crippen molar-refractivity contribution in [3.05, 3.63) is 35.4 Å². The van der Waals surface area contributed by atoms with Gasteiger partial charge in [-0.3, -0.25) is 0 Å². The van der Waals surface area contributed by atoms with Gasteiger partial charge in [0.25, 0.3) is 0 Å². The van der Waals surface area contributed by atoms with E-state index in [0.717, 1.165) is 17.8 Å². The normalized spacial score (nSPS) is 29.6. The zero-order chi connectivity index (χ0) is 11.7. The molecule has 0 amide bonds. The van der Waals surface area contributed by atoms with Gasteiger partial charge in [0.2, 0.25) is 0 Å². The van der Waals surface area contributed by atoms with Gasteiger partial charge in [-0.25, -0.2) is 0 Å². The maximum Gasteiger partial charge on any atom is -0.0125 e. The summed E-state index contributed by atoms with van der Waals surface area (Å²) in [5.74, 6) is 2.83. The van der Waals surface area contributed by atoms with Crippen molar-refractivity contribution in [3.8, 4) is 0 Å². The first-order chi connectivity index (χ1) is 8.40. The number of hydrogen-bond donors (Lipinski definition) is 0. The molecule has 2 aliphatic carbocycles. The molecule has 1 aromatic carbocycles. The first-order valence-electron chi connectivity index (χ1n) is 7.49. The molecule has 17 heavy (non-hydrogen) atoms. The third-order valence-corrected chi connectivity index (χ3v) is 4.96. The van der Waals surface area contributed by atoms with E-state index in [1.165, 1.54) is 44.9 Å². The van der Waals surface area contributed by atoms with Crippen LogP contribution in [0.3, 0.4) is 0 Å². The molecule has 0 N–H and O–H groups in total. The van der Waals surface area contributed by atoms with Crippen LogP contribution in [0, 0.1) is 5.92 Å². The zero-order valence-electron chi connectivity index (χ0n) is 11.0. The zero-order valence-corrected chi connectivity index (χ0v) is 11.0. The summed E-state index contributed by atoms with van der Waals surface area (Å²) < 4.78 is 0. The molecule has 1 fully saturated rings. The number of rotatable bonds is 5. The van der Waals surface area contributed by atoms with Crippen LogP contribution < -0.4 is 0 Å². The summed E-state index contributed by atoms with van der Waals surface area (Å²) in [5.41, 5.74) is 3.38. The van der Waals surface area contributed by atoms with Crippen molar-refractivity contribution in [1.82, 2.24) is 0 Å². The van der Waals surface area contributed by atoms with Gasteiger partial charge in [-0.05, 0) is 48.1 Å². The minimum atomic E-state index is 0.910. The minimum absolute atomic E-state index is 0.910. The van der Waals surface area contributed by atoms with Crippen molar-refractivity contribution in [2.75, 3.05) is 0 Å². The Morgan fingerprint density at radius 1 is 1.00 bits per heavy atom. The number of hydrogen-bond acceptors (Lipinski definition) is 0. The molecule has 0 spiro atoms. The van der Waals surface area contributed by atoms with Gasteiger partial charge in [-0.15, -0.1) is 0 Å². The fraction of sp³-hybridized carbons (Fsp3) is 0.647. The Balaban J connectivity index is 1.62. The molecular weight excluding hydrogens is 204 g/mol. The molecule has 0 unspecified atom stereocenters. The van der Waals surface area contributed by atoms with Crippen LogP contribution in [0.25, 0.3) is 0 Å². The summed E-state index contributed by atoms with van der Waals surface area (Å²) in [6.07, 6.45) is 10.1. The van der Waals surface area contributed by atoms with Crippen LogP contribution >= 0.6 is 0 Å². The molecule has 92 valence electrons. The van der Waals surface area contributed by atoms with Crippen molar-refractivity contribution in [2.45, 2.75) is 63.7 Å². The molecule has 0 radical (unpaired) electrons. The molecule has 0 heterocycles. The Morgan fingerprint density at radius 3 is 2.65 bits per heavy atom. The van der Waals surface area contributed by atoms with Crippen molar-refractivity contribution >= 4 is 0 Å². The molecule has 3 atom stereocenters. The molecule has 0 saturated heterocycles. The van der Waals surface area contributed by atoms with Gasteiger partial charge in [0.15, 0.2) is 0 Å². The number of fused-ring (bicyclic) bond motifs is 5. The van der Waals surface area contributed by atoms with Crippen molar-refractivity contribution < 1.29 is 0 Å².